The van der Waals surface area contributed by atoms with Crippen molar-refractivity contribution in [2.75, 3.05) is 32.3 Å². The number of aryl methyl sites for hydroxylation is 1. The molecule has 1 heterocycles. The van der Waals surface area contributed by atoms with Crippen LogP contribution >= 0.6 is 11.8 Å². The van der Waals surface area contributed by atoms with Gasteiger partial charge in [0, 0.05) is 31.8 Å². The van der Waals surface area contributed by atoms with E-state index < -0.39 is 12.0 Å². The van der Waals surface area contributed by atoms with Crippen LogP contribution in [-0.4, -0.2) is 72.3 Å². The number of methoxy groups -OCH3 is 1. The van der Waals surface area contributed by atoms with Crippen LogP contribution in [-0.2, 0) is 27.4 Å². The maximum Gasteiger partial charge on any atom is 0.326 e. The van der Waals surface area contributed by atoms with Crippen LogP contribution in [0.1, 0.15) is 39.9 Å². The second kappa shape index (κ2) is 15.2. The fourth-order valence-corrected chi connectivity index (χ4v) is 5.78. The number of benzene rings is 3. The molecule has 218 valence electrons. The number of carboxylic acids is 1. The Morgan fingerprint density at radius 2 is 1.80 bits per heavy atom. The molecule has 41 heavy (non-hydrogen) atoms. The Labute approximate surface area is 247 Å². The molecule has 3 aromatic rings. The second-order valence-electron chi connectivity index (χ2n) is 10.5. The zero-order chi connectivity index (χ0) is 29.2. The molecule has 4 rings (SSSR count). The SMILES string of the molecule is CO[C@H]1C[C@@H](COCc2ccccc2)N(Cc2ccc(C(=O)N[C@@H](CCSC)C(=O)O)c(-c3ccccc3C)c2)C1. The lowest BCUT2D eigenvalue weighted by molar-refractivity contribution is -0.139. The number of carboxylic acid groups (broad SMARTS) is 1. The standard InChI is InChI=1S/C33H40N2O5S/c1-23-9-7-8-12-28(23)30-17-25(13-14-29(30)32(36)34-31(33(37)38)15-16-41-3)19-35-20-27(39-2)18-26(35)22-40-21-24-10-5-4-6-11-24/h4-14,17,26-27,31H,15-16,18-22H2,1-3H3,(H,34,36)(H,37,38)/t26-,27-,31-/m0/s1. The summed E-state index contributed by atoms with van der Waals surface area (Å²) in [7, 11) is 1.75. The van der Waals surface area contributed by atoms with E-state index in [-0.39, 0.29) is 18.1 Å². The van der Waals surface area contributed by atoms with Gasteiger partial charge in [-0.2, -0.15) is 11.8 Å². The Bertz CT molecular complexity index is 1300. The third-order valence-electron chi connectivity index (χ3n) is 7.61. The number of carbonyl (C=O) groups is 2. The molecule has 8 heteroatoms. The molecule has 1 saturated heterocycles. The normalized spacial score (nSPS) is 17.8. The van der Waals surface area contributed by atoms with E-state index in [0.717, 1.165) is 40.8 Å². The third kappa shape index (κ3) is 8.42. The maximum atomic E-state index is 13.4. The molecular weight excluding hydrogens is 536 g/mol. The highest BCUT2D eigenvalue weighted by Crippen LogP contribution is 2.30. The Balaban J connectivity index is 1.55. The molecule has 0 spiro atoms. The average molecular weight is 577 g/mol. The van der Waals surface area contributed by atoms with Crippen LogP contribution in [0.5, 0.6) is 0 Å². The second-order valence-corrected chi connectivity index (χ2v) is 11.5. The van der Waals surface area contributed by atoms with Crippen molar-refractivity contribution in [3.63, 3.8) is 0 Å². The van der Waals surface area contributed by atoms with Crippen molar-refractivity contribution in [1.29, 1.82) is 0 Å². The van der Waals surface area contributed by atoms with E-state index in [9.17, 15) is 14.7 Å². The smallest absolute Gasteiger partial charge is 0.326 e. The van der Waals surface area contributed by atoms with Gasteiger partial charge in [-0.15, -0.1) is 0 Å². The largest absolute Gasteiger partial charge is 0.480 e. The number of hydrogen-bond donors (Lipinski definition) is 2. The maximum absolute atomic E-state index is 13.4. The summed E-state index contributed by atoms with van der Waals surface area (Å²) in [6.07, 6.45) is 3.31. The van der Waals surface area contributed by atoms with Crippen LogP contribution in [0.4, 0.5) is 0 Å². The van der Waals surface area contributed by atoms with Gasteiger partial charge >= 0.3 is 5.97 Å². The number of nitrogens with one attached hydrogen (secondary N) is 1. The van der Waals surface area contributed by atoms with Gasteiger partial charge in [-0.05, 0) is 71.7 Å². The summed E-state index contributed by atoms with van der Waals surface area (Å²) in [6.45, 7) is 4.68. The molecule has 0 aromatic heterocycles. The fraction of sp³-hybridized carbons (Fsp3) is 0.394. The lowest BCUT2D eigenvalue weighted by Gasteiger charge is -2.25. The minimum Gasteiger partial charge on any atom is -0.480 e. The summed E-state index contributed by atoms with van der Waals surface area (Å²) >= 11 is 1.56. The van der Waals surface area contributed by atoms with Gasteiger partial charge in [-0.1, -0.05) is 60.7 Å². The van der Waals surface area contributed by atoms with Crippen LogP contribution in [0.3, 0.4) is 0 Å². The van der Waals surface area contributed by atoms with E-state index in [1.807, 2.05) is 67.8 Å². The van der Waals surface area contributed by atoms with Crippen molar-refractivity contribution in [2.24, 2.45) is 0 Å². The van der Waals surface area contributed by atoms with Gasteiger partial charge in [0.05, 0.1) is 19.3 Å². The summed E-state index contributed by atoms with van der Waals surface area (Å²) in [5.74, 6) is -0.755. The number of carbonyl (C=O) groups excluding carboxylic acids is 1. The third-order valence-corrected chi connectivity index (χ3v) is 8.25. The van der Waals surface area contributed by atoms with Gasteiger partial charge < -0.3 is 19.9 Å². The van der Waals surface area contributed by atoms with Crippen molar-refractivity contribution < 1.29 is 24.2 Å². The first-order chi connectivity index (χ1) is 19.9. The number of thioether (sulfide) groups is 1. The molecule has 0 unspecified atom stereocenters. The molecule has 0 radical (unpaired) electrons. The van der Waals surface area contributed by atoms with Gasteiger partial charge in [0.2, 0.25) is 0 Å². The topological polar surface area (TPSA) is 88.1 Å². The van der Waals surface area contributed by atoms with Gasteiger partial charge in [-0.3, -0.25) is 9.69 Å². The molecule has 1 amide bonds. The number of nitrogens with zero attached hydrogens (tertiary/aromatic N) is 1. The Morgan fingerprint density at radius 3 is 2.51 bits per heavy atom. The summed E-state index contributed by atoms with van der Waals surface area (Å²) in [5, 5.41) is 12.4. The number of amides is 1. The first-order valence-corrected chi connectivity index (χ1v) is 15.4. The quantitative estimate of drug-likeness (QED) is 0.266. The number of rotatable bonds is 14. The number of likely N-dealkylation sites (tertiary alicyclic amines) is 1. The molecule has 0 saturated carbocycles. The molecule has 1 aliphatic heterocycles. The number of aliphatic carboxylic acids is 1. The Morgan fingerprint density at radius 1 is 1.05 bits per heavy atom. The molecular formula is C33H40N2O5S. The lowest BCUT2D eigenvalue weighted by Crippen LogP contribution is -2.41. The average Bonchev–Trinajstić information content (AvgIpc) is 3.37. The van der Waals surface area contributed by atoms with Gasteiger partial charge in [0.25, 0.3) is 5.91 Å². The molecule has 3 atom stereocenters. The number of hydrogen-bond acceptors (Lipinski definition) is 6. The van der Waals surface area contributed by atoms with Crippen LogP contribution in [0.2, 0.25) is 0 Å². The molecule has 1 aliphatic rings. The minimum atomic E-state index is -1.02. The highest BCUT2D eigenvalue weighted by molar-refractivity contribution is 7.98. The Hall–Kier alpha value is -3.17. The van der Waals surface area contributed by atoms with Crippen LogP contribution in [0.25, 0.3) is 11.1 Å². The fourth-order valence-electron chi connectivity index (χ4n) is 5.31. The molecule has 0 aliphatic carbocycles. The first-order valence-electron chi connectivity index (χ1n) is 14.0. The minimum absolute atomic E-state index is 0.135. The first kappa shape index (κ1) is 30.8. The molecule has 7 nitrogen and oxygen atoms in total. The molecule has 1 fully saturated rings. The van der Waals surface area contributed by atoms with E-state index in [2.05, 4.69) is 28.4 Å². The van der Waals surface area contributed by atoms with Crippen molar-refractivity contribution in [3.05, 3.63) is 95.1 Å². The van der Waals surface area contributed by atoms with Gasteiger partial charge in [-0.25, -0.2) is 4.79 Å². The highest BCUT2D eigenvalue weighted by atomic mass is 32.2. The monoisotopic (exact) mass is 576 g/mol. The van der Waals surface area contributed by atoms with E-state index in [4.69, 9.17) is 9.47 Å². The molecule has 2 N–H and O–H groups in total. The zero-order valence-corrected chi connectivity index (χ0v) is 24.9. The Kier molecular flexibility index (Phi) is 11.4. The van der Waals surface area contributed by atoms with Crippen LogP contribution < -0.4 is 5.32 Å². The highest BCUT2D eigenvalue weighted by Gasteiger charge is 2.32. The van der Waals surface area contributed by atoms with Gasteiger partial charge in [0.1, 0.15) is 6.04 Å². The van der Waals surface area contributed by atoms with Crippen molar-refractivity contribution >= 4 is 23.6 Å². The van der Waals surface area contributed by atoms with Crippen LogP contribution in [0.15, 0.2) is 72.8 Å². The summed E-state index contributed by atoms with van der Waals surface area (Å²) in [6, 6.07) is 23.3. The zero-order valence-electron chi connectivity index (χ0n) is 24.0. The van der Waals surface area contributed by atoms with E-state index in [1.54, 1.807) is 18.9 Å². The van der Waals surface area contributed by atoms with Crippen molar-refractivity contribution in [1.82, 2.24) is 10.2 Å². The van der Waals surface area contributed by atoms with Crippen LogP contribution in [0, 0.1) is 6.92 Å². The van der Waals surface area contributed by atoms with E-state index in [1.165, 1.54) is 0 Å². The summed E-state index contributed by atoms with van der Waals surface area (Å²) in [4.78, 5) is 27.6. The van der Waals surface area contributed by atoms with Crippen molar-refractivity contribution in [3.8, 4) is 11.1 Å². The number of ether oxygens (including phenoxy) is 2. The summed E-state index contributed by atoms with van der Waals surface area (Å²) in [5.41, 5.74) is 5.49. The van der Waals surface area contributed by atoms with Gasteiger partial charge in [0.15, 0.2) is 0 Å². The predicted molar refractivity (Wildman–Crippen MR) is 164 cm³/mol. The molecule has 0 bridgehead atoms. The van der Waals surface area contributed by atoms with E-state index >= 15 is 0 Å². The molecule has 3 aromatic carbocycles. The predicted octanol–water partition coefficient (Wildman–Crippen LogP) is 5.40. The summed E-state index contributed by atoms with van der Waals surface area (Å²) < 4.78 is 11.8. The lowest BCUT2D eigenvalue weighted by atomic mass is 9.93. The van der Waals surface area contributed by atoms with E-state index in [0.29, 0.717) is 37.5 Å². The van der Waals surface area contributed by atoms with Crippen molar-refractivity contribution in [2.45, 2.75) is 51.1 Å².